The number of unbranched alkanes of at least 4 members (excludes halogenated alkanes) is 15. The van der Waals surface area contributed by atoms with Crippen LogP contribution in [0.4, 0.5) is 0 Å². The molecule has 1 aromatic rings. The summed E-state index contributed by atoms with van der Waals surface area (Å²) in [5, 5.41) is 1.92. The molecule has 1 rings (SSSR count). The van der Waals surface area contributed by atoms with Crippen LogP contribution in [0, 0.1) is 0 Å². The molecule has 0 aliphatic heterocycles. The van der Waals surface area contributed by atoms with E-state index in [1.165, 1.54) is 89.9 Å². The summed E-state index contributed by atoms with van der Waals surface area (Å²) in [7, 11) is -4.18. The maximum absolute atomic E-state index is 12.1. The van der Waals surface area contributed by atoms with Gasteiger partial charge < -0.3 is 9.63 Å². The number of rotatable bonds is 29. The Morgan fingerprint density at radius 1 is 0.789 bits per heavy atom. The zero-order chi connectivity index (χ0) is 27.6. The lowest BCUT2D eigenvalue weighted by atomic mass is 10.0. The molecule has 0 fully saturated rings. The van der Waals surface area contributed by atoms with Crippen LogP contribution in [-0.4, -0.2) is 44.0 Å². The van der Waals surface area contributed by atoms with Gasteiger partial charge in [0.25, 0.3) is 0 Å². The molecule has 0 radical (unpaired) electrons. The lowest BCUT2D eigenvalue weighted by molar-refractivity contribution is -0.693. The minimum Gasteiger partial charge on any atom is -0.606 e. The third kappa shape index (κ3) is 22.6. The fourth-order valence-electron chi connectivity index (χ4n) is 4.10. The fraction of sp³-hybridized carbons (Fsp3) is 0.893. The second-order valence-electron chi connectivity index (χ2n) is 9.86. The number of phosphoric acid groups is 1. The van der Waals surface area contributed by atoms with Crippen LogP contribution in [0.1, 0.15) is 117 Å². The van der Waals surface area contributed by atoms with E-state index in [-0.39, 0.29) is 19.8 Å². The lowest BCUT2D eigenvalue weighted by Crippen LogP contribution is -2.34. The molecular formula is C28H55NO7PS+. The third-order valence-electron chi connectivity index (χ3n) is 6.32. The topological polar surface area (TPSA) is 93.3 Å². The number of phosphoric ester groups is 1. The molecule has 0 spiro atoms. The lowest BCUT2D eigenvalue weighted by Gasteiger charge is -2.22. The van der Waals surface area contributed by atoms with Crippen LogP contribution >= 0.6 is 19.5 Å². The van der Waals surface area contributed by atoms with Crippen LogP contribution in [-0.2, 0) is 30.1 Å². The van der Waals surface area contributed by atoms with Crippen LogP contribution in [0.25, 0.3) is 0 Å². The molecule has 1 aromatic heterocycles. The van der Waals surface area contributed by atoms with Crippen LogP contribution in [0.3, 0.4) is 0 Å². The van der Waals surface area contributed by atoms with Gasteiger partial charge in [0.1, 0.15) is 12.7 Å². The summed E-state index contributed by atoms with van der Waals surface area (Å²) >= 11 is 1.54. The van der Waals surface area contributed by atoms with Gasteiger partial charge in [0, 0.05) is 6.61 Å². The number of ether oxygens (including phenoxy) is 1. The average molecular weight is 581 g/mol. The van der Waals surface area contributed by atoms with Crippen LogP contribution in [0.15, 0.2) is 17.1 Å². The van der Waals surface area contributed by atoms with E-state index in [0.29, 0.717) is 19.8 Å². The first kappa shape index (κ1) is 35.8. The second kappa shape index (κ2) is 25.7. The van der Waals surface area contributed by atoms with Gasteiger partial charge in [0.05, 0.1) is 18.6 Å². The Hall–Kier alpha value is -0.220. The van der Waals surface area contributed by atoms with E-state index in [1.54, 1.807) is 18.3 Å². The van der Waals surface area contributed by atoms with Crippen LogP contribution in [0.5, 0.6) is 0 Å². The molecule has 224 valence electrons. The van der Waals surface area contributed by atoms with Gasteiger partial charge in [-0.15, -0.1) is 0 Å². The summed E-state index contributed by atoms with van der Waals surface area (Å²) in [6.45, 7) is 5.67. The standard InChI is InChI=1S/C28H54NO7PS/c1-3-5-6-7-8-9-10-11-12-13-14-15-16-17-18-19-22-32-25-28(36-33-4-2)26-35-37(30,31)34-23-20-29-21-24-38-27-29/h21,24,27-28H,3-20,22-23,25-26H2,1-2H3/p+1/t28-/m1/s1. The van der Waals surface area contributed by atoms with Crippen LogP contribution < -0.4 is 9.46 Å². The molecule has 0 aliphatic rings. The number of aromatic nitrogens is 1. The van der Waals surface area contributed by atoms with Crippen molar-refractivity contribution in [3.05, 3.63) is 17.1 Å². The molecular weight excluding hydrogens is 525 g/mol. The highest BCUT2D eigenvalue weighted by atomic mass is 32.1. The summed E-state index contributed by atoms with van der Waals surface area (Å²) in [4.78, 5) is 32.3. The largest absolute Gasteiger partial charge is 0.606 e. The third-order valence-corrected chi connectivity index (χ3v) is 7.98. The summed E-state index contributed by atoms with van der Waals surface area (Å²) in [6, 6.07) is 0. The van der Waals surface area contributed by atoms with Crippen molar-refractivity contribution in [1.82, 2.24) is 0 Å². The molecule has 2 atom stereocenters. The van der Waals surface area contributed by atoms with Crippen molar-refractivity contribution in [2.75, 3.05) is 33.0 Å². The molecule has 0 amide bonds. The fourth-order valence-corrected chi connectivity index (χ4v) is 5.47. The highest BCUT2D eigenvalue weighted by Crippen LogP contribution is 2.47. The molecule has 1 heterocycles. The van der Waals surface area contributed by atoms with Gasteiger partial charge in [0.15, 0.2) is 19.3 Å². The van der Waals surface area contributed by atoms with E-state index in [4.69, 9.17) is 23.6 Å². The Labute approximate surface area is 236 Å². The zero-order valence-corrected chi connectivity index (χ0v) is 25.8. The van der Waals surface area contributed by atoms with E-state index in [0.717, 1.165) is 12.8 Å². The summed E-state index contributed by atoms with van der Waals surface area (Å²) in [6.07, 6.45) is 22.6. The first-order valence-electron chi connectivity index (χ1n) is 15.0. The van der Waals surface area contributed by atoms with Gasteiger partial charge in [-0.25, -0.2) is 9.78 Å². The minimum atomic E-state index is -4.18. The molecule has 10 heteroatoms. The monoisotopic (exact) mass is 580 g/mol. The Bertz CT molecular complexity index is 610. The maximum Gasteiger partial charge on any atom is 0.377 e. The predicted molar refractivity (Wildman–Crippen MR) is 152 cm³/mol. The average Bonchev–Trinajstić information content (AvgIpc) is 3.42. The van der Waals surface area contributed by atoms with Crippen molar-refractivity contribution >= 4 is 19.5 Å². The highest BCUT2D eigenvalue weighted by Gasteiger charge is 2.30. The Balaban J connectivity index is 1.96. The van der Waals surface area contributed by atoms with E-state index in [1.807, 2.05) is 21.7 Å². The Morgan fingerprint density at radius 3 is 1.89 bits per heavy atom. The molecule has 1 unspecified atom stereocenters. The first-order valence-corrected chi connectivity index (χ1v) is 17.4. The molecule has 0 bridgehead atoms. The molecule has 8 nitrogen and oxygen atoms in total. The molecule has 0 saturated heterocycles. The second-order valence-corrected chi connectivity index (χ2v) is 12.1. The van der Waals surface area contributed by atoms with Crippen molar-refractivity contribution in [2.24, 2.45) is 0 Å². The van der Waals surface area contributed by atoms with E-state index in [2.05, 4.69) is 6.92 Å². The first-order chi connectivity index (χ1) is 18.6. The van der Waals surface area contributed by atoms with Gasteiger partial charge in [-0.05, 0) is 13.3 Å². The Kier molecular flexibility index (Phi) is 24.2. The van der Waals surface area contributed by atoms with Gasteiger partial charge in [0.2, 0.25) is 5.51 Å². The van der Waals surface area contributed by atoms with Crippen molar-refractivity contribution in [3.63, 3.8) is 0 Å². The van der Waals surface area contributed by atoms with E-state index >= 15 is 0 Å². The summed E-state index contributed by atoms with van der Waals surface area (Å²) in [5.74, 6) is 0. The molecule has 38 heavy (non-hydrogen) atoms. The molecule has 1 N–H and O–H groups in total. The quantitative estimate of drug-likeness (QED) is 0.0370. The summed E-state index contributed by atoms with van der Waals surface area (Å²) in [5.41, 5.74) is 1.90. The molecule has 0 saturated carbocycles. The predicted octanol–water partition coefficient (Wildman–Crippen LogP) is 6.71. The van der Waals surface area contributed by atoms with Crippen LogP contribution in [0.2, 0.25) is 0 Å². The molecule has 0 aliphatic carbocycles. The number of hydrogen-bond acceptors (Lipinski definition) is 8. The highest BCUT2D eigenvalue weighted by molar-refractivity contribution is 7.52. The van der Waals surface area contributed by atoms with E-state index < -0.39 is 14.3 Å². The number of nitrogens with zero attached hydrogens (tertiary/aromatic N) is 1. The van der Waals surface area contributed by atoms with Crippen molar-refractivity contribution < 1.29 is 37.9 Å². The summed E-state index contributed by atoms with van der Waals surface area (Å²) < 4.78 is 17.7. The number of hydrogen-bond donors (Lipinski definition) is 1. The van der Waals surface area contributed by atoms with Crippen molar-refractivity contribution in [1.29, 1.82) is 0 Å². The van der Waals surface area contributed by atoms with Gasteiger partial charge in [-0.3, -0.25) is 0 Å². The van der Waals surface area contributed by atoms with Gasteiger partial charge in [-0.2, -0.15) is 18.5 Å². The van der Waals surface area contributed by atoms with Crippen molar-refractivity contribution in [3.8, 4) is 0 Å². The SMILES string of the molecule is CCCCCCCCCCCCCCCCCCOC[C@H](CO[P+]([O-])(O)OCC[n+]1ccsc1)OOCC. The smallest absolute Gasteiger partial charge is 0.377 e. The van der Waals surface area contributed by atoms with Gasteiger partial charge >= 0.3 is 8.17 Å². The minimum absolute atomic E-state index is 0.0713. The van der Waals surface area contributed by atoms with Crippen molar-refractivity contribution in [2.45, 2.75) is 129 Å². The van der Waals surface area contributed by atoms with E-state index in [9.17, 15) is 9.79 Å². The van der Waals surface area contributed by atoms with Gasteiger partial charge in [-0.1, -0.05) is 115 Å². The zero-order valence-electron chi connectivity index (χ0n) is 24.1. The normalized spacial score (nSPS) is 14.1. The molecule has 0 aromatic carbocycles. The Morgan fingerprint density at radius 2 is 1.37 bits per heavy atom. The number of thiazole rings is 1. The maximum atomic E-state index is 12.1.